The number of hydrogen-bond donors (Lipinski definition) is 3. The molecule has 3 aromatic rings. The van der Waals surface area contributed by atoms with Gasteiger partial charge in [0, 0.05) is 11.9 Å². The quantitative estimate of drug-likeness (QED) is 0.650. The van der Waals surface area contributed by atoms with E-state index in [2.05, 4.69) is 15.6 Å². The van der Waals surface area contributed by atoms with Crippen LogP contribution in [0.1, 0.15) is 26.6 Å². The van der Waals surface area contributed by atoms with Gasteiger partial charge in [-0.15, -0.1) is 0 Å². The van der Waals surface area contributed by atoms with Crippen molar-refractivity contribution < 1.29 is 18.4 Å². The summed E-state index contributed by atoms with van der Waals surface area (Å²) in [5, 5.41) is 5.45. The van der Waals surface area contributed by atoms with Gasteiger partial charge in [-0.25, -0.2) is 4.39 Å². The number of aromatic nitrogens is 1. The highest BCUT2D eigenvalue weighted by Gasteiger charge is 2.15. The van der Waals surface area contributed by atoms with Crippen molar-refractivity contribution in [1.29, 1.82) is 0 Å². The average Bonchev–Trinajstić information content (AvgIpc) is 3.19. The van der Waals surface area contributed by atoms with Gasteiger partial charge in [0.15, 0.2) is 0 Å². The summed E-state index contributed by atoms with van der Waals surface area (Å²) in [4.78, 5) is 27.0. The second-order valence-corrected chi connectivity index (χ2v) is 5.66. The molecule has 128 valence electrons. The number of aryl methyl sites for hydroxylation is 1. The monoisotopic (exact) mass is 361 g/mol. The number of anilines is 2. The molecule has 0 atom stereocenters. The maximum Gasteiger partial charge on any atom is 0.272 e. The van der Waals surface area contributed by atoms with Crippen molar-refractivity contribution in [2.45, 2.75) is 6.92 Å². The van der Waals surface area contributed by atoms with E-state index in [-0.39, 0.29) is 11.4 Å². The van der Waals surface area contributed by atoms with Crippen molar-refractivity contribution in [3.63, 3.8) is 0 Å². The lowest BCUT2D eigenvalue weighted by Crippen LogP contribution is -2.15. The van der Waals surface area contributed by atoms with Crippen LogP contribution in [0.5, 0.6) is 0 Å². The normalized spacial score (nSPS) is 10.5. The lowest BCUT2D eigenvalue weighted by Gasteiger charge is -2.09. The lowest BCUT2D eigenvalue weighted by atomic mass is 10.2. The van der Waals surface area contributed by atoms with Crippen molar-refractivity contribution in [3.8, 4) is 0 Å². The molecule has 0 unspecified atom stereocenters. The number of nitrogens with one attached hydrogen (secondary N) is 3. The summed E-state index contributed by atoms with van der Waals surface area (Å²) < 4.78 is 19.0. The zero-order valence-electron chi connectivity index (χ0n) is 13.0. The van der Waals surface area contributed by atoms with Gasteiger partial charge >= 0.3 is 0 Å². The van der Waals surface area contributed by atoms with Gasteiger partial charge in [0.2, 0.25) is 0 Å². The van der Waals surface area contributed by atoms with Gasteiger partial charge < -0.3 is 20.0 Å². The maximum atomic E-state index is 14.0. The van der Waals surface area contributed by atoms with E-state index in [1.165, 1.54) is 36.7 Å². The van der Waals surface area contributed by atoms with E-state index in [1.807, 2.05) is 0 Å². The van der Waals surface area contributed by atoms with Gasteiger partial charge in [-0.2, -0.15) is 0 Å². The minimum absolute atomic E-state index is 0.0621. The van der Waals surface area contributed by atoms with Crippen LogP contribution in [-0.2, 0) is 0 Å². The topological polar surface area (TPSA) is 87.1 Å². The molecule has 0 aliphatic rings. The van der Waals surface area contributed by atoms with Crippen LogP contribution in [-0.4, -0.2) is 16.8 Å². The van der Waals surface area contributed by atoms with E-state index >= 15 is 0 Å². The van der Waals surface area contributed by atoms with Gasteiger partial charge in [-0.1, -0.05) is 11.6 Å². The molecular weight excluding hydrogens is 349 g/mol. The lowest BCUT2D eigenvalue weighted by molar-refractivity contribution is 0.101. The molecule has 0 saturated heterocycles. The van der Waals surface area contributed by atoms with Crippen molar-refractivity contribution in [1.82, 2.24) is 4.98 Å². The zero-order valence-corrected chi connectivity index (χ0v) is 13.8. The second kappa shape index (κ2) is 6.82. The van der Waals surface area contributed by atoms with Crippen molar-refractivity contribution in [2.75, 3.05) is 10.6 Å². The molecule has 2 amide bonds. The standard InChI is InChI=1S/C17H13ClFN3O3/c1-9-12(4-5-25-9)16(23)22-14-7-11(2-3-13(14)19)21-17(24)15-6-10(18)8-20-15/h2-8,20H,1H3,(H,21,24)(H,22,23). The predicted molar refractivity (Wildman–Crippen MR) is 91.6 cm³/mol. The van der Waals surface area contributed by atoms with E-state index in [9.17, 15) is 14.0 Å². The molecule has 3 N–H and O–H groups in total. The molecule has 0 radical (unpaired) electrons. The predicted octanol–water partition coefficient (Wildman–Crippen LogP) is 4.21. The Kier molecular flexibility index (Phi) is 4.58. The van der Waals surface area contributed by atoms with Crippen LogP contribution >= 0.6 is 11.6 Å². The molecule has 3 rings (SSSR count). The Labute approximate surface area is 147 Å². The van der Waals surface area contributed by atoms with Crippen molar-refractivity contribution in [2.24, 2.45) is 0 Å². The number of halogens is 2. The van der Waals surface area contributed by atoms with Gasteiger partial charge in [0.25, 0.3) is 11.8 Å². The van der Waals surface area contributed by atoms with E-state index in [0.717, 1.165) is 6.07 Å². The van der Waals surface area contributed by atoms with Crippen molar-refractivity contribution >= 4 is 34.8 Å². The zero-order chi connectivity index (χ0) is 18.0. The Bertz CT molecular complexity index is 948. The first kappa shape index (κ1) is 16.8. The van der Waals surface area contributed by atoms with E-state index < -0.39 is 17.6 Å². The largest absolute Gasteiger partial charge is 0.469 e. The number of benzene rings is 1. The van der Waals surface area contributed by atoms with Gasteiger partial charge in [-0.05, 0) is 37.3 Å². The molecule has 2 heterocycles. The molecule has 2 aromatic heterocycles. The fraction of sp³-hybridized carbons (Fsp3) is 0.0588. The molecule has 0 spiro atoms. The Morgan fingerprint density at radius 2 is 1.96 bits per heavy atom. The summed E-state index contributed by atoms with van der Waals surface area (Å²) >= 11 is 5.76. The van der Waals surface area contributed by atoms with Crippen LogP contribution in [0.3, 0.4) is 0 Å². The Balaban J connectivity index is 1.77. The molecule has 0 saturated carbocycles. The minimum Gasteiger partial charge on any atom is -0.469 e. The first-order chi connectivity index (χ1) is 11.9. The third kappa shape index (κ3) is 3.72. The van der Waals surface area contributed by atoms with Crippen molar-refractivity contribution in [3.05, 3.63) is 70.6 Å². The summed E-state index contributed by atoms with van der Waals surface area (Å²) in [6.07, 6.45) is 2.85. The number of rotatable bonds is 4. The Morgan fingerprint density at radius 3 is 2.60 bits per heavy atom. The minimum atomic E-state index is -0.629. The van der Waals surface area contributed by atoms with Crippen LogP contribution in [0.15, 0.2) is 47.2 Å². The maximum absolute atomic E-state index is 14.0. The summed E-state index contributed by atoms with van der Waals surface area (Å²) in [6, 6.07) is 6.81. The number of aromatic amines is 1. The first-order valence-electron chi connectivity index (χ1n) is 7.24. The molecule has 0 aliphatic heterocycles. The number of furan rings is 1. The molecule has 25 heavy (non-hydrogen) atoms. The van der Waals surface area contributed by atoms with Gasteiger partial charge in [0.1, 0.15) is 17.3 Å². The van der Waals surface area contributed by atoms with Crippen LogP contribution in [0.25, 0.3) is 0 Å². The van der Waals surface area contributed by atoms with Crippen LogP contribution < -0.4 is 10.6 Å². The van der Waals surface area contributed by atoms with Gasteiger partial charge in [0.05, 0.1) is 22.5 Å². The molecule has 6 nitrogen and oxygen atoms in total. The third-order valence-electron chi connectivity index (χ3n) is 3.47. The molecule has 8 heteroatoms. The summed E-state index contributed by atoms with van der Waals surface area (Å²) in [6.45, 7) is 1.63. The van der Waals surface area contributed by atoms with E-state index in [0.29, 0.717) is 22.0 Å². The second-order valence-electron chi connectivity index (χ2n) is 5.22. The highest BCUT2D eigenvalue weighted by molar-refractivity contribution is 6.31. The number of carbonyl (C=O) groups is 2. The summed E-state index contributed by atoms with van der Waals surface area (Å²) in [5.74, 6) is -1.16. The smallest absolute Gasteiger partial charge is 0.272 e. The number of hydrogen-bond acceptors (Lipinski definition) is 3. The fourth-order valence-corrected chi connectivity index (χ4v) is 2.37. The highest BCUT2D eigenvalue weighted by atomic mass is 35.5. The Hall–Kier alpha value is -3.06. The molecule has 0 aliphatic carbocycles. The molecule has 0 fully saturated rings. The van der Waals surface area contributed by atoms with E-state index in [4.69, 9.17) is 16.0 Å². The number of amides is 2. The van der Waals surface area contributed by atoms with Crippen LogP contribution in [0, 0.1) is 12.7 Å². The SMILES string of the molecule is Cc1occc1C(=O)Nc1cc(NC(=O)c2cc(Cl)c[nH]2)ccc1F. The molecule has 0 bridgehead atoms. The summed E-state index contributed by atoms with van der Waals surface area (Å²) in [7, 11) is 0. The van der Waals surface area contributed by atoms with Gasteiger partial charge in [-0.3, -0.25) is 9.59 Å². The van der Waals surface area contributed by atoms with Crippen LogP contribution in [0.4, 0.5) is 15.8 Å². The Morgan fingerprint density at radius 1 is 1.16 bits per heavy atom. The number of H-pyrrole nitrogens is 1. The molecule has 1 aromatic carbocycles. The third-order valence-corrected chi connectivity index (χ3v) is 3.69. The average molecular weight is 362 g/mol. The fourth-order valence-electron chi connectivity index (χ4n) is 2.21. The highest BCUT2D eigenvalue weighted by Crippen LogP contribution is 2.22. The van der Waals surface area contributed by atoms with Crippen LogP contribution in [0.2, 0.25) is 5.02 Å². The number of carbonyl (C=O) groups excluding carboxylic acids is 2. The first-order valence-corrected chi connectivity index (χ1v) is 7.62. The van der Waals surface area contributed by atoms with E-state index in [1.54, 1.807) is 6.92 Å². The summed E-state index contributed by atoms with van der Waals surface area (Å²) in [5.41, 5.74) is 0.813. The molecular formula is C17H13ClFN3O3.